The van der Waals surface area contributed by atoms with Gasteiger partial charge in [-0.2, -0.15) is 0 Å². The zero-order valence-corrected chi connectivity index (χ0v) is 25.9. The smallest absolute Gasteiger partial charge is 0.336 e. The maximum atomic E-state index is 13.3. The highest BCUT2D eigenvalue weighted by molar-refractivity contribution is 5.88. The average molecular weight is 597 g/mol. The summed E-state index contributed by atoms with van der Waals surface area (Å²) < 4.78 is 10.9. The van der Waals surface area contributed by atoms with Crippen LogP contribution in [0.3, 0.4) is 0 Å². The van der Waals surface area contributed by atoms with Gasteiger partial charge in [0.05, 0.1) is 0 Å². The van der Waals surface area contributed by atoms with E-state index in [1.165, 1.54) is 45.6 Å². The molecule has 236 valence electrons. The Bertz CT molecular complexity index is 1220. The number of aryl methyl sites for hydroxylation is 5. The zero-order valence-electron chi connectivity index (χ0n) is 25.9. The number of hydrogen-bond donors (Lipinski definition) is 3. The van der Waals surface area contributed by atoms with Gasteiger partial charge in [-0.3, -0.25) is 4.79 Å². The fraction of sp³-hybridized carbons (Fsp3) is 0.559. The molecule has 0 spiro atoms. The van der Waals surface area contributed by atoms with Crippen LogP contribution < -0.4 is 5.32 Å². The van der Waals surface area contributed by atoms with Gasteiger partial charge in [-0.1, -0.05) is 30.7 Å². The molecule has 0 saturated heterocycles. The van der Waals surface area contributed by atoms with E-state index >= 15 is 0 Å². The van der Waals surface area contributed by atoms with Crippen molar-refractivity contribution in [2.45, 2.75) is 90.3 Å². The van der Waals surface area contributed by atoms with Crippen molar-refractivity contribution in [1.82, 2.24) is 4.90 Å². The average Bonchev–Trinajstić information content (AvgIpc) is 3.44. The molecule has 1 aliphatic rings. The van der Waals surface area contributed by atoms with Gasteiger partial charge in [-0.15, -0.1) is 0 Å². The molecule has 2 aromatic rings. The number of hydrogen-bond acceptors (Lipinski definition) is 6. The molecule has 2 aromatic carbocycles. The molecule has 0 saturated carbocycles. The van der Waals surface area contributed by atoms with Crippen molar-refractivity contribution in [3.63, 3.8) is 0 Å². The summed E-state index contributed by atoms with van der Waals surface area (Å²) >= 11 is 0. The van der Waals surface area contributed by atoms with Crippen molar-refractivity contribution < 1.29 is 34.1 Å². The highest BCUT2D eigenvalue weighted by Crippen LogP contribution is 2.25. The van der Waals surface area contributed by atoms with E-state index in [9.17, 15) is 19.5 Å². The maximum absolute atomic E-state index is 13.3. The van der Waals surface area contributed by atoms with Crippen LogP contribution in [-0.4, -0.2) is 78.5 Å². The molecule has 9 nitrogen and oxygen atoms in total. The summed E-state index contributed by atoms with van der Waals surface area (Å²) in [6.07, 6.45) is 6.31. The SMILES string of the molecule is Cc1ccc(CCCCCO[C@@H](C(=O)N(C)CCCCCNc2ccc3c(c2)CCC3)[C@@H](OCC(=O)O)C(=O)O)cc1C. The number of unbranched alkanes of at least 4 members (excludes halogenated alkanes) is 4. The van der Waals surface area contributed by atoms with Gasteiger partial charge in [-0.05, 0) is 112 Å². The molecule has 2 atom stereocenters. The third-order valence-electron chi connectivity index (χ3n) is 8.10. The Morgan fingerprint density at radius 1 is 0.860 bits per heavy atom. The second-order valence-corrected chi connectivity index (χ2v) is 11.6. The largest absolute Gasteiger partial charge is 0.480 e. The molecule has 9 heteroatoms. The van der Waals surface area contributed by atoms with E-state index in [0.717, 1.165) is 57.2 Å². The van der Waals surface area contributed by atoms with Crippen LogP contribution in [0.1, 0.15) is 72.8 Å². The minimum Gasteiger partial charge on any atom is -0.480 e. The van der Waals surface area contributed by atoms with E-state index in [1.54, 1.807) is 7.05 Å². The zero-order chi connectivity index (χ0) is 31.2. The molecule has 0 radical (unpaired) electrons. The fourth-order valence-electron chi connectivity index (χ4n) is 5.41. The van der Waals surface area contributed by atoms with Crippen molar-refractivity contribution in [3.05, 3.63) is 64.2 Å². The molecule has 0 unspecified atom stereocenters. The van der Waals surface area contributed by atoms with E-state index in [1.807, 2.05) is 0 Å². The summed E-state index contributed by atoms with van der Waals surface area (Å²) in [6.45, 7) is 4.78. The number of likely N-dealkylation sites (N-methyl/N-ethyl adjacent to an activating group) is 1. The van der Waals surface area contributed by atoms with Crippen LogP contribution in [0.5, 0.6) is 0 Å². The minimum atomic E-state index is -1.71. The van der Waals surface area contributed by atoms with Gasteiger partial charge in [0, 0.05) is 32.4 Å². The molecule has 3 rings (SSSR count). The second-order valence-electron chi connectivity index (χ2n) is 11.6. The first-order valence-electron chi connectivity index (χ1n) is 15.5. The van der Waals surface area contributed by atoms with Gasteiger partial charge in [-0.25, -0.2) is 9.59 Å². The Balaban J connectivity index is 1.43. The lowest BCUT2D eigenvalue weighted by molar-refractivity contribution is -0.175. The normalized spacial score (nSPS) is 13.7. The lowest BCUT2D eigenvalue weighted by Gasteiger charge is -2.27. The first kappa shape index (κ1) is 34.1. The Labute approximate surface area is 255 Å². The second kappa shape index (κ2) is 17.6. The van der Waals surface area contributed by atoms with Gasteiger partial charge in [0.15, 0.2) is 12.2 Å². The minimum absolute atomic E-state index is 0.172. The van der Waals surface area contributed by atoms with Gasteiger partial charge < -0.3 is 29.9 Å². The van der Waals surface area contributed by atoms with E-state index in [2.05, 4.69) is 55.6 Å². The number of anilines is 1. The topological polar surface area (TPSA) is 125 Å². The number of nitrogens with one attached hydrogen (secondary N) is 1. The summed E-state index contributed by atoms with van der Waals surface area (Å²) in [6, 6.07) is 13.0. The van der Waals surface area contributed by atoms with Crippen molar-refractivity contribution in [2.75, 3.05) is 38.7 Å². The summed E-state index contributed by atoms with van der Waals surface area (Å²) in [5.74, 6) is -3.27. The summed E-state index contributed by atoms with van der Waals surface area (Å²) in [7, 11) is 1.61. The third kappa shape index (κ3) is 11.3. The van der Waals surface area contributed by atoms with Crippen molar-refractivity contribution in [1.29, 1.82) is 0 Å². The number of fused-ring (bicyclic) bond motifs is 1. The van der Waals surface area contributed by atoms with Gasteiger partial charge in [0.2, 0.25) is 0 Å². The van der Waals surface area contributed by atoms with E-state index in [4.69, 9.17) is 14.6 Å². The number of aliphatic carboxylic acids is 2. The quantitative estimate of drug-likeness (QED) is 0.179. The number of rotatable bonds is 20. The molecule has 0 fully saturated rings. The molecule has 1 aliphatic carbocycles. The highest BCUT2D eigenvalue weighted by atomic mass is 16.6. The van der Waals surface area contributed by atoms with Crippen LogP contribution in [0.15, 0.2) is 36.4 Å². The molecule has 43 heavy (non-hydrogen) atoms. The predicted molar refractivity (Wildman–Crippen MR) is 167 cm³/mol. The molecule has 0 aromatic heterocycles. The Morgan fingerprint density at radius 2 is 1.63 bits per heavy atom. The first-order valence-corrected chi connectivity index (χ1v) is 15.5. The lowest BCUT2D eigenvalue weighted by Crippen LogP contribution is -2.50. The Hall–Kier alpha value is -3.43. The van der Waals surface area contributed by atoms with Crippen molar-refractivity contribution >= 4 is 23.5 Å². The predicted octanol–water partition coefficient (Wildman–Crippen LogP) is 5.19. The van der Waals surface area contributed by atoms with Crippen LogP contribution in [0.2, 0.25) is 0 Å². The summed E-state index contributed by atoms with van der Waals surface area (Å²) in [5.41, 5.74) is 7.82. The number of ether oxygens (including phenoxy) is 2. The van der Waals surface area contributed by atoms with Crippen LogP contribution in [0.4, 0.5) is 5.69 Å². The maximum Gasteiger partial charge on any atom is 0.336 e. The third-order valence-corrected chi connectivity index (χ3v) is 8.10. The standard InChI is InChI=1S/C34H48N2O7/c1-24-14-15-26(21-25(24)2)11-6-4-9-20-42-31(32(34(40)41)43-23-30(37)38)33(39)36(3)19-8-5-7-18-35-29-17-16-27-12-10-13-28(27)22-29/h14-17,21-22,31-32,35H,4-13,18-20,23H2,1-3H3,(H,37,38)(H,40,41)/t31-,32-/m1/s1. The summed E-state index contributed by atoms with van der Waals surface area (Å²) in [4.78, 5) is 37.8. The van der Waals surface area contributed by atoms with E-state index in [-0.39, 0.29) is 6.61 Å². The molecule has 3 N–H and O–H groups in total. The van der Waals surface area contributed by atoms with Gasteiger partial charge in [0.1, 0.15) is 6.61 Å². The van der Waals surface area contributed by atoms with E-state index in [0.29, 0.717) is 13.0 Å². The van der Waals surface area contributed by atoms with Gasteiger partial charge >= 0.3 is 11.9 Å². The molecule has 0 aliphatic heterocycles. The highest BCUT2D eigenvalue weighted by Gasteiger charge is 2.37. The van der Waals surface area contributed by atoms with Gasteiger partial charge in [0.25, 0.3) is 5.91 Å². The number of carbonyl (C=O) groups excluding carboxylic acids is 1. The molecule has 0 heterocycles. The number of nitrogens with zero attached hydrogens (tertiary/aromatic N) is 1. The number of carboxylic acids is 2. The fourth-order valence-corrected chi connectivity index (χ4v) is 5.41. The molecule has 0 bridgehead atoms. The molecular weight excluding hydrogens is 548 g/mol. The van der Waals surface area contributed by atoms with Crippen molar-refractivity contribution in [2.24, 2.45) is 0 Å². The van der Waals surface area contributed by atoms with Crippen LogP contribution in [-0.2, 0) is 43.1 Å². The molecular formula is C34H48N2O7. The Kier molecular flexibility index (Phi) is 14.0. The monoisotopic (exact) mass is 596 g/mol. The van der Waals surface area contributed by atoms with Crippen LogP contribution in [0.25, 0.3) is 0 Å². The van der Waals surface area contributed by atoms with E-state index < -0.39 is 36.7 Å². The number of amides is 1. The van der Waals surface area contributed by atoms with Crippen LogP contribution >= 0.6 is 0 Å². The van der Waals surface area contributed by atoms with Crippen LogP contribution in [0, 0.1) is 13.8 Å². The molecule has 1 amide bonds. The lowest BCUT2D eigenvalue weighted by atomic mass is 10.0. The number of benzene rings is 2. The Morgan fingerprint density at radius 3 is 2.37 bits per heavy atom. The van der Waals surface area contributed by atoms with Crippen molar-refractivity contribution in [3.8, 4) is 0 Å². The summed E-state index contributed by atoms with van der Waals surface area (Å²) in [5, 5.41) is 22.2. The number of carbonyl (C=O) groups is 3. The first-order chi connectivity index (χ1) is 20.7. The number of carboxylic acid groups (broad SMARTS) is 2.